The number of hydrogen-bond acceptors (Lipinski definition) is 5. The fraction of sp³-hybridized carbons (Fsp3) is 0.400. The first kappa shape index (κ1) is 24.3. The van der Waals surface area contributed by atoms with Gasteiger partial charge in [-0.15, -0.1) is 0 Å². The van der Waals surface area contributed by atoms with E-state index in [0.29, 0.717) is 31.0 Å². The highest BCUT2D eigenvalue weighted by molar-refractivity contribution is 5.94. The van der Waals surface area contributed by atoms with Crippen LogP contribution in [0.3, 0.4) is 0 Å². The third-order valence-corrected chi connectivity index (χ3v) is 5.74. The summed E-state index contributed by atoms with van der Waals surface area (Å²) in [4.78, 5) is 41.1. The molecule has 1 aliphatic heterocycles. The zero-order chi connectivity index (χ0) is 23.8. The second-order valence-corrected chi connectivity index (χ2v) is 7.85. The molecule has 0 spiro atoms. The molecule has 0 radical (unpaired) electrons. The van der Waals surface area contributed by atoms with Crippen LogP contribution in [-0.4, -0.2) is 67.7 Å². The molecule has 33 heavy (non-hydrogen) atoms. The Hall–Kier alpha value is -3.39. The van der Waals surface area contributed by atoms with Crippen molar-refractivity contribution in [2.24, 2.45) is 0 Å². The molecule has 0 aromatic heterocycles. The number of benzene rings is 2. The number of esters is 1. The number of hydrogen-bond donors (Lipinski definition) is 1. The maximum Gasteiger partial charge on any atom is 0.338 e. The lowest BCUT2D eigenvalue weighted by atomic mass is 9.93. The first-order chi connectivity index (χ1) is 15.9. The fourth-order valence-electron chi connectivity index (χ4n) is 3.93. The molecule has 2 aromatic rings. The van der Waals surface area contributed by atoms with Crippen LogP contribution in [0.4, 0.5) is 10.5 Å². The van der Waals surface area contributed by atoms with Gasteiger partial charge in [0.1, 0.15) is 6.54 Å². The van der Waals surface area contributed by atoms with E-state index in [4.69, 9.17) is 9.47 Å². The van der Waals surface area contributed by atoms with Gasteiger partial charge in [0.05, 0.1) is 24.8 Å². The van der Waals surface area contributed by atoms with Crippen LogP contribution in [0.1, 0.15) is 41.4 Å². The van der Waals surface area contributed by atoms with E-state index >= 15 is 0 Å². The van der Waals surface area contributed by atoms with E-state index in [0.717, 1.165) is 12.0 Å². The number of rotatable bonds is 8. The summed E-state index contributed by atoms with van der Waals surface area (Å²) in [5.41, 5.74) is 3.32. The molecule has 0 aliphatic carbocycles. The van der Waals surface area contributed by atoms with Gasteiger partial charge in [-0.3, -0.25) is 4.79 Å². The van der Waals surface area contributed by atoms with Crippen molar-refractivity contribution < 1.29 is 23.9 Å². The number of nitrogens with zero attached hydrogens (tertiary/aromatic N) is 2. The number of amides is 3. The summed E-state index contributed by atoms with van der Waals surface area (Å²) >= 11 is 0. The van der Waals surface area contributed by atoms with Crippen molar-refractivity contribution >= 4 is 23.6 Å². The zero-order valence-corrected chi connectivity index (χ0v) is 19.4. The maximum absolute atomic E-state index is 13.1. The van der Waals surface area contributed by atoms with E-state index in [9.17, 15) is 14.4 Å². The molecule has 1 aliphatic rings. The highest BCUT2D eigenvalue weighted by Crippen LogP contribution is 2.29. The number of carbonyl (C=O) groups excluding carboxylic acids is 3. The first-order valence-electron chi connectivity index (χ1n) is 11.1. The third-order valence-electron chi connectivity index (χ3n) is 5.74. The topological polar surface area (TPSA) is 88.2 Å². The lowest BCUT2D eigenvalue weighted by molar-refractivity contribution is -0.134. The Bertz CT molecular complexity index is 976. The number of nitrogens with one attached hydrogen (secondary N) is 1. The summed E-state index contributed by atoms with van der Waals surface area (Å²) in [6.07, 6.45) is 0.795. The van der Waals surface area contributed by atoms with Gasteiger partial charge in [0.15, 0.2) is 0 Å². The molecule has 0 bridgehead atoms. The summed E-state index contributed by atoms with van der Waals surface area (Å²) in [5.74, 6) is -0.527. The van der Waals surface area contributed by atoms with Crippen LogP contribution in [0.5, 0.6) is 0 Å². The third kappa shape index (κ3) is 6.10. The van der Waals surface area contributed by atoms with Crippen molar-refractivity contribution in [1.82, 2.24) is 9.80 Å². The van der Waals surface area contributed by atoms with E-state index in [-0.39, 0.29) is 25.0 Å². The maximum atomic E-state index is 13.1. The van der Waals surface area contributed by atoms with Crippen LogP contribution < -0.4 is 5.32 Å². The number of fused-ring (bicyclic) bond motifs is 1. The Morgan fingerprint density at radius 2 is 1.85 bits per heavy atom. The van der Waals surface area contributed by atoms with E-state index in [1.807, 2.05) is 24.0 Å². The molecule has 1 unspecified atom stereocenters. The SMILES string of the molecule is CCOC(=O)c1ccc(NC(=O)N(CCOC)CC(=O)N2CCc3ccccc3C2C)cc1. The Labute approximate surface area is 194 Å². The summed E-state index contributed by atoms with van der Waals surface area (Å²) in [5, 5.41) is 2.79. The van der Waals surface area contributed by atoms with Crippen molar-refractivity contribution in [3.63, 3.8) is 0 Å². The second kappa shape index (κ2) is 11.5. The molecule has 1 N–H and O–H groups in total. The van der Waals surface area contributed by atoms with Crippen molar-refractivity contribution in [2.45, 2.75) is 26.3 Å². The lowest BCUT2D eigenvalue weighted by Crippen LogP contribution is -2.48. The highest BCUT2D eigenvalue weighted by atomic mass is 16.5. The Kier molecular flexibility index (Phi) is 8.43. The molecule has 3 amide bonds. The molecule has 8 nitrogen and oxygen atoms in total. The molecular weight excluding hydrogens is 422 g/mol. The van der Waals surface area contributed by atoms with Crippen LogP contribution in [0.15, 0.2) is 48.5 Å². The van der Waals surface area contributed by atoms with Crippen LogP contribution in [0.25, 0.3) is 0 Å². The van der Waals surface area contributed by atoms with E-state index < -0.39 is 12.0 Å². The predicted octanol–water partition coefficient (Wildman–Crippen LogP) is 3.49. The predicted molar refractivity (Wildman–Crippen MR) is 125 cm³/mol. The molecule has 1 atom stereocenters. The van der Waals surface area contributed by atoms with Crippen LogP contribution in [0.2, 0.25) is 0 Å². The average Bonchev–Trinajstić information content (AvgIpc) is 2.82. The minimum Gasteiger partial charge on any atom is -0.462 e. The van der Waals surface area contributed by atoms with Gasteiger partial charge in [0.25, 0.3) is 0 Å². The minimum absolute atomic E-state index is 0.0507. The smallest absolute Gasteiger partial charge is 0.338 e. The second-order valence-electron chi connectivity index (χ2n) is 7.85. The van der Waals surface area contributed by atoms with Gasteiger partial charge >= 0.3 is 12.0 Å². The van der Waals surface area contributed by atoms with Crippen molar-refractivity contribution in [3.05, 3.63) is 65.2 Å². The molecule has 0 saturated heterocycles. The molecule has 8 heteroatoms. The number of ether oxygens (including phenoxy) is 2. The fourth-order valence-corrected chi connectivity index (χ4v) is 3.93. The van der Waals surface area contributed by atoms with Crippen molar-refractivity contribution in [3.8, 4) is 0 Å². The molecule has 0 fully saturated rings. The van der Waals surface area contributed by atoms with E-state index in [1.165, 1.54) is 10.5 Å². The van der Waals surface area contributed by atoms with Gasteiger partial charge in [-0.1, -0.05) is 24.3 Å². The number of anilines is 1. The van der Waals surface area contributed by atoms with Crippen molar-refractivity contribution in [2.75, 3.05) is 45.3 Å². The molecule has 1 heterocycles. The molecule has 176 valence electrons. The number of urea groups is 1. The first-order valence-corrected chi connectivity index (χ1v) is 11.1. The van der Waals surface area contributed by atoms with Gasteiger partial charge in [-0.05, 0) is 55.7 Å². The van der Waals surface area contributed by atoms with E-state index in [1.54, 1.807) is 38.3 Å². The van der Waals surface area contributed by atoms with Crippen LogP contribution in [0, 0.1) is 0 Å². The van der Waals surface area contributed by atoms with E-state index in [2.05, 4.69) is 17.4 Å². The molecule has 3 rings (SSSR count). The van der Waals surface area contributed by atoms with Crippen LogP contribution >= 0.6 is 0 Å². The highest BCUT2D eigenvalue weighted by Gasteiger charge is 2.29. The minimum atomic E-state index is -0.417. The van der Waals surface area contributed by atoms with Gasteiger partial charge in [0.2, 0.25) is 5.91 Å². The van der Waals surface area contributed by atoms with Gasteiger partial charge in [-0.2, -0.15) is 0 Å². The quantitative estimate of drug-likeness (QED) is 0.618. The monoisotopic (exact) mass is 453 g/mol. The van der Waals surface area contributed by atoms with Gasteiger partial charge < -0.3 is 24.6 Å². The largest absolute Gasteiger partial charge is 0.462 e. The molecule has 0 saturated carbocycles. The lowest BCUT2D eigenvalue weighted by Gasteiger charge is -2.36. The summed E-state index contributed by atoms with van der Waals surface area (Å²) in [6.45, 7) is 5.19. The Balaban J connectivity index is 1.66. The van der Waals surface area contributed by atoms with Crippen molar-refractivity contribution in [1.29, 1.82) is 0 Å². The van der Waals surface area contributed by atoms with Gasteiger partial charge in [-0.25, -0.2) is 9.59 Å². The summed E-state index contributed by atoms with van der Waals surface area (Å²) < 4.78 is 10.1. The standard InChI is InChI=1S/C25H31N3O5/c1-4-33-24(30)20-9-11-21(12-10-20)26-25(31)27(15-16-32-3)17-23(29)28-14-13-19-7-5-6-8-22(19)18(28)2/h5-12,18H,4,13-17H2,1-3H3,(H,26,31). The van der Waals surface area contributed by atoms with Gasteiger partial charge in [0, 0.05) is 25.9 Å². The zero-order valence-electron chi connectivity index (χ0n) is 19.4. The summed E-state index contributed by atoms with van der Waals surface area (Å²) in [6, 6.07) is 14.1. The van der Waals surface area contributed by atoms with Crippen LogP contribution in [-0.2, 0) is 20.7 Å². The average molecular weight is 454 g/mol. The molecular formula is C25H31N3O5. The number of carbonyl (C=O) groups is 3. The molecule has 2 aromatic carbocycles. The summed E-state index contributed by atoms with van der Waals surface area (Å²) in [7, 11) is 1.55. The Morgan fingerprint density at radius 3 is 2.55 bits per heavy atom. The number of methoxy groups -OCH3 is 1. The Morgan fingerprint density at radius 1 is 1.12 bits per heavy atom. The normalized spacial score (nSPS) is 14.9.